The third-order valence-electron chi connectivity index (χ3n) is 1.76. The Hall–Kier alpha value is -0.520. The summed E-state index contributed by atoms with van der Waals surface area (Å²) in [5.41, 5.74) is 5.31. The average molecular weight is 278 g/mol. The molecule has 16 heavy (non-hydrogen) atoms. The Morgan fingerprint density at radius 3 is 2.25 bits per heavy atom. The molecule has 0 saturated heterocycles. The fourth-order valence-corrected chi connectivity index (χ4v) is 1.39. The molecule has 7 heteroatoms. The summed E-state index contributed by atoms with van der Waals surface area (Å²) in [5, 5.41) is 0.0302. The van der Waals surface area contributed by atoms with Crippen molar-refractivity contribution in [3.05, 3.63) is 34.6 Å². The van der Waals surface area contributed by atoms with Gasteiger partial charge in [-0.05, 0) is 23.8 Å². The van der Waals surface area contributed by atoms with Crippen molar-refractivity contribution in [3.63, 3.8) is 0 Å². The third-order valence-corrected chi connectivity index (χ3v) is 1.98. The van der Waals surface area contributed by atoms with Crippen molar-refractivity contribution in [2.45, 2.75) is 18.6 Å². The van der Waals surface area contributed by atoms with Crippen LogP contribution in [0.15, 0.2) is 18.2 Å². The Bertz CT molecular complexity index is 334. The second-order valence-electron chi connectivity index (χ2n) is 3.13. The Kier molecular flexibility index (Phi) is 5.52. The van der Waals surface area contributed by atoms with Gasteiger partial charge in [0.25, 0.3) is 0 Å². The van der Waals surface area contributed by atoms with E-state index in [0.717, 1.165) is 12.1 Å². The molecule has 0 fully saturated rings. The molecule has 0 aliphatic carbocycles. The van der Waals surface area contributed by atoms with E-state index in [4.69, 9.17) is 17.3 Å². The van der Waals surface area contributed by atoms with Crippen LogP contribution in [-0.4, -0.2) is 6.18 Å². The van der Waals surface area contributed by atoms with Crippen LogP contribution in [0.25, 0.3) is 0 Å². The van der Waals surface area contributed by atoms with E-state index in [1.165, 1.54) is 6.07 Å². The highest BCUT2D eigenvalue weighted by Gasteiger charge is 2.31. The second kappa shape index (κ2) is 5.70. The Morgan fingerprint density at radius 2 is 1.81 bits per heavy atom. The van der Waals surface area contributed by atoms with E-state index in [1.807, 2.05) is 0 Å². The lowest BCUT2D eigenvalue weighted by molar-refractivity contribution is -0.138. The summed E-state index contributed by atoms with van der Waals surface area (Å²) in [4.78, 5) is 0. The Labute approximate surface area is 101 Å². The summed E-state index contributed by atoms with van der Waals surface area (Å²) >= 11 is 5.49. The zero-order chi connectivity index (χ0) is 11.6. The highest BCUT2D eigenvalue weighted by atomic mass is 35.5. The van der Waals surface area contributed by atoms with Gasteiger partial charge >= 0.3 is 6.18 Å². The van der Waals surface area contributed by atoms with Crippen LogP contribution in [0.4, 0.5) is 17.6 Å². The first-order valence-electron chi connectivity index (χ1n) is 4.06. The predicted octanol–water partition coefficient (Wildman–Crippen LogP) is 3.85. The fraction of sp³-hybridized carbons (Fsp3) is 0.333. The van der Waals surface area contributed by atoms with E-state index >= 15 is 0 Å². The number of alkyl halides is 3. The molecule has 1 atom stereocenters. The van der Waals surface area contributed by atoms with E-state index in [1.54, 1.807) is 0 Å². The number of nitrogens with two attached hydrogens (primary N) is 1. The first-order chi connectivity index (χ1) is 6.78. The molecule has 0 aliphatic rings. The minimum absolute atomic E-state index is 0. The number of halogens is 6. The molecule has 0 unspecified atom stereocenters. The zero-order valence-electron chi connectivity index (χ0n) is 7.89. The highest BCUT2D eigenvalue weighted by molar-refractivity contribution is 6.30. The second-order valence-corrected chi connectivity index (χ2v) is 3.57. The lowest BCUT2D eigenvalue weighted by atomic mass is 10.0. The van der Waals surface area contributed by atoms with Gasteiger partial charge in [0.1, 0.15) is 5.82 Å². The number of hydrogen-bond donors (Lipinski definition) is 1. The van der Waals surface area contributed by atoms with E-state index < -0.39 is 24.5 Å². The maximum Gasteiger partial charge on any atom is 0.390 e. The van der Waals surface area contributed by atoms with Crippen LogP contribution in [0.1, 0.15) is 18.0 Å². The molecule has 0 amide bonds. The van der Waals surface area contributed by atoms with Crippen LogP contribution < -0.4 is 5.73 Å². The molecule has 1 aromatic carbocycles. The van der Waals surface area contributed by atoms with Gasteiger partial charge in [0.15, 0.2) is 0 Å². The first-order valence-corrected chi connectivity index (χ1v) is 4.44. The molecule has 0 heterocycles. The molecule has 0 aliphatic heterocycles. The SMILES string of the molecule is Cl.N[C@@H](CC(F)(F)F)c1cc(F)cc(Cl)c1. The molecule has 0 bridgehead atoms. The van der Waals surface area contributed by atoms with Crippen molar-refractivity contribution in [1.29, 1.82) is 0 Å². The summed E-state index contributed by atoms with van der Waals surface area (Å²) in [6.45, 7) is 0. The first kappa shape index (κ1) is 15.5. The average Bonchev–Trinajstić information content (AvgIpc) is 1.98. The minimum atomic E-state index is -4.38. The van der Waals surface area contributed by atoms with Crippen molar-refractivity contribution in [2.75, 3.05) is 0 Å². The molecule has 92 valence electrons. The van der Waals surface area contributed by atoms with Crippen LogP contribution in [0.2, 0.25) is 5.02 Å². The van der Waals surface area contributed by atoms with Gasteiger partial charge in [-0.3, -0.25) is 0 Å². The molecule has 0 aromatic heterocycles. The minimum Gasteiger partial charge on any atom is -0.324 e. The van der Waals surface area contributed by atoms with E-state index in [9.17, 15) is 17.6 Å². The molecule has 0 spiro atoms. The predicted molar refractivity (Wildman–Crippen MR) is 56.3 cm³/mol. The molecule has 1 nitrogen and oxygen atoms in total. The monoisotopic (exact) mass is 277 g/mol. The Balaban J connectivity index is 0.00000225. The van der Waals surface area contributed by atoms with Crippen molar-refractivity contribution < 1.29 is 17.6 Å². The quantitative estimate of drug-likeness (QED) is 0.817. The molecule has 0 radical (unpaired) electrons. The summed E-state index contributed by atoms with van der Waals surface area (Å²) in [6.07, 6.45) is -5.58. The molecule has 1 rings (SSSR count). The van der Waals surface area contributed by atoms with Gasteiger partial charge in [-0.25, -0.2) is 4.39 Å². The van der Waals surface area contributed by atoms with Crippen LogP contribution >= 0.6 is 24.0 Å². The topological polar surface area (TPSA) is 26.0 Å². The molecular formula is C9H9Cl2F4N. The maximum absolute atomic E-state index is 12.8. The zero-order valence-corrected chi connectivity index (χ0v) is 9.46. The van der Waals surface area contributed by atoms with Crippen LogP contribution in [0.3, 0.4) is 0 Å². The van der Waals surface area contributed by atoms with Crippen LogP contribution in [-0.2, 0) is 0 Å². The van der Waals surface area contributed by atoms with Gasteiger partial charge < -0.3 is 5.73 Å². The highest BCUT2D eigenvalue weighted by Crippen LogP contribution is 2.29. The smallest absolute Gasteiger partial charge is 0.324 e. The van der Waals surface area contributed by atoms with Gasteiger partial charge in [-0.1, -0.05) is 11.6 Å². The fourth-order valence-electron chi connectivity index (χ4n) is 1.16. The van der Waals surface area contributed by atoms with Gasteiger partial charge in [0.05, 0.1) is 6.42 Å². The van der Waals surface area contributed by atoms with Crippen LogP contribution in [0, 0.1) is 5.82 Å². The van der Waals surface area contributed by atoms with E-state index in [-0.39, 0.29) is 23.0 Å². The molecular weight excluding hydrogens is 269 g/mol. The van der Waals surface area contributed by atoms with Crippen molar-refractivity contribution in [1.82, 2.24) is 0 Å². The summed E-state index contributed by atoms with van der Waals surface area (Å²) in [5.74, 6) is -0.699. The number of rotatable bonds is 2. The van der Waals surface area contributed by atoms with Gasteiger partial charge in [0.2, 0.25) is 0 Å². The molecule has 2 N–H and O–H groups in total. The normalized spacial score (nSPS) is 13.1. The lowest BCUT2D eigenvalue weighted by Gasteiger charge is -2.14. The largest absolute Gasteiger partial charge is 0.390 e. The van der Waals surface area contributed by atoms with Gasteiger partial charge in [0, 0.05) is 11.1 Å². The van der Waals surface area contributed by atoms with Gasteiger partial charge in [-0.15, -0.1) is 12.4 Å². The number of benzene rings is 1. The Morgan fingerprint density at radius 1 is 1.25 bits per heavy atom. The molecule has 0 saturated carbocycles. The molecule has 1 aromatic rings. The standard InChI is InChI=1S/C9H8ClF4N.ClH/c10-6-1-5(2-7(11)3-6)8(15)4-9(12,13)14;/h1-3,8H,4,15H2;1H/t8-;/m0./s1. The summed E-state index contributed by atoms with van der Waals surface area (Å²) < 4.78 is 48.8. The van der Waals surface area contributed by atoms with E-state index in [2.05, 4.69) is 0 Å². The van der Waals surface area contributed by atoms with Gasteiger partial charge in [-0.2, -0.15) is 13.2 Å². The lowest BCUT2D eigenvalue weighted by Crippen LogP contribution is -2.20. The van der Waals surface area contributed by atoms with Crippen LogP contribution in [0.5, 0.6) is 0 Å². The summed E-state index contributed by atoms with van der Waals surface area (Å²) in [6, 6.07) is 1.88. The summed E-state index contributed by atoms with van der Waals surface area (Å²) in [7, 11) is 0. The number of hydrogen-bond acceptors (Lipinski definition) is 1. The maximum atomic E-state index is 12.8. The van der Waals surface area contributed by atoms with Crippen molar-refractivity contribution >= 4 is 24.0 Å². The third kappa shape index (κ3) is 5.01. The van der Waals surface area contributed by atoms with Crippen molar-refractivity contribution in [3.8, 4) is 0 Å². The van der Waals surface area contributed by atoms with E-state index in [0.29, 0.717) is 0 Å². The van der Waals surface area contributed by atoms with Crippen molar-refractivity contribution in [2.24, 2.45) is 5.73 Å².